The Morgan fingerprint density at radius 1 is 0.806 bits per heavy atom. The molecule has 1 heterocycles. The first-order valence-electron chi connectivity index (χ1n) is 10.4. The van der Waals surface area contributed by atoms with Gasteiger partial charge in [0.2, 0.25) is 0 Å². The lowest BCUT2D eigenvalue weighted by atomic mass is 10.1. The van der Waals surface area contributed by atoms with Gasteiger partial charge >= 0.3 is 0 Å². The number of para-hydroxylation sites is 1. The third kappa shape index (κ3) is 4.96. The van der Waals surface area contributed by atoms with Crippen LogP contribution in [-0.4, -0.2) is 25.0 Å². The van der Waals surface area contributed by atoms with Crippen molar-refractivity contribution in [2.75, 3.05) is 7.11 Å². The van der Waals surface area contributed by atoms with Crippen LogP contribution >= 0.6 is 0 Å². The van der Waals surface area contributed by atoms with Gasteiger partial charge in [-0.1, -0.05) is 55.9 Å². The summed E-state index contributed by atoms with van der Waals surface area (Å²) in [5, 5.41) is 4.94. The van der Waals surface area contributed by atoms with E-state index in [1.54, 1.807) is 7.11 Å². The Hall–Kier alpha value is -3.55. The molecule has 0 saturated carbocycles. The molecule has 4 aromatic rings. The number of methoxy groups -OCH3 is 1. The second-order valence-electron chi connectivity index (χ2n) is 8.47. The maximum atomic E-state index is 5.32. The van der Waals surface area contributed by atoms with E-state index in [0.29, 0.717) is 0 Å². The minimum Gasteiger partial charge on any atom is -0.497 e. The highest BCUT2D eigenvalue weighted by atomic mass is 28.3. The summed E-state index contributed by atoms with van der Waals surface area (Å²) in [7, 11) is 0.290. The maximum Gasteiger partial charge on any atom is 0.129 e. The zero-order valence-corrected chi connectivity index (χ0v) is 19.4. The minimum atomic E-state index is -1.39. The fraction of sp³-hybridized carbons (Fsp3) is 0.148. The number of rotatable bonds is 4. The largest absolute Gasteiger partial charge is 0.497 e. The number of nitrogens with zero attached hydrogens (tertiary/aromatic N) is 2. The summed E-state index contributed by atoms with van der Waals surface area (Å²) >= 11 is 0. The molecule has 0 amide bonds. The SMILES string of the molecule is COc1ccc(-c2cc(-c3ccc(C#C[Si](C)(C)C)cc3)nn2-c2ccccc2)cc1. The average Bonchev–Trinajstić information content (AvgIpc) is 3.24. The molecule has 0 aliphatic carbocycles. The van der Waals surface area contributed by atoms with Crippen molar-refractivity contribution in [3.05, 3.63) is 90.5 Å². The summed E-state index contributed by atoms with van der Waals surface area (Å²) in [6.07, 6.45) is 0. The highest BCUT2D eigenvalue weighted by Gasteiger charge is 2.13. The lowest BCUT2D eigenvalue weighted by molar-refractivity contribution is 0.415. The number of aromatic nitrogens is 2. The average molecular weight is 423 g/mol. The second-order valence-corrected chi connectivity index (χ2v) is 13.2. The van der Waals surface area contributed by atoms with Crippen LogP contribution in [0.15, 0.2) is 84.9 Å². The van der Waals surface area contributed by atoms with Crippen LogP contribution in [0.25, 0.3) is 28.2 Å². The molecular weight excluding hydrogens is 396 g/mol. The molecule has 1 aromatic heterocycles. The first-order chi connectivity index (χ1) is 14.9. The molecular formula is C27H26N2OSi. The first-order valence-corrected chi connectivity index (χ1v) is 13.9. The molecule has 154 valence electrons. The smallest absolute Gasteiger partial charge is 0.129 e. The van der Waals surface area contributed by atoms with E-state index in [-0.39, 0.29) is 0 Å². The minimum absolute atomic E-state index is 0.838. The van der Waals surface area contributed by atoms with Gasteiger partial charge in [-0.05, 0) is 54.6 Å². The van der Waals surface area contributed by atoms with E-state index in [9.17, 15) is 0 Å². The van der Waals surface area contributed by atoms with Gasteiger partial charge in [0.1, 0.15) is 13.8 Å². The van der Waals surface area contributed by atoms with Gasteiger partial charge in [-0.2, -0.15) is 5.10 Å². The molecule has 0 saturated heterocycles. The number of ether oxygens (including phenoxy) is 1. The van der Waals surface area contributed by atoms with E-state index in [1.807, 2.05) is 35.0 Å². The van der Waals surface area contributed by atoms with E-state index in [0.717, 1.165) is 39.5 Å². The quantitative estimate of drug-likeness (QED) is 0.279. The molecule has 0 atom stereocenters. The third-order valence-corrected chi connectivity index (χ3v) is 5.73. The Bertz CT molecular complexity index is 1220. The summed E-state index contributed by atoms with van der Waals surface area (Å²) in [4.78, 5) is 0. The van der Waals surface area contributed by atoms with Crippen LogP contribution in [0.3, 0.4) is 0 Å². The first kappa shape index (κ1) is 20.7. The van der Waals surface area contributed by atoms with Crippen LogP contribution in [0.5, 0.6) is 5.75 Å². The van der Waals surface area contributed by atoms with Crippen molar-refractivity contribution >= 4 is 8.07 Å². The molecule has 0 unspecified atom stereocenters. The summed E-state index contributed by atoms with van der Waals surface area (Å²) in [6, 6.07) is 28.8. The number of benzene rings is 3. The van der Waals surface area contributed by atoms with Gasteiger partial charge in [-0.3, -0.25) is 0 Å². The topological polar surface area (TPSA) is 27.1 Å². The van der Waals surface area contributed by atoms with Crippen molar-refractivity contribution in [2.45, 2.75) is 19.6 Å². The number of hydrogen-bond acceptors (Lipinski definition) is 2. The molecule has 0 radical (unpaired) electrons. The molecule has 0 fully saturated rings. The summed E-state index contributed by atoms with van der Waals surface area (Å²) in [5.74, 6) is 4.15. The Kier molecular flexibility index (Phi) is 5.79. The Balaban J connectivity index is 1.75. The molecule has 4 heteroatoms. The van der Waals surface area contributed by atoms with Gasteiger partial charge in [0.05, 0.1) is 24.2 Å². The highest BCUT2D eigenvalue weighted by Crippen LogP contribution is 2.30. The van der Waals surface area contributed by atoms with E-state index in [1.165, 1.54) is 0 Å². The molecule has 3 aromatic carbocycles. The van der Waals surface area contributed by atoms with Crippen LogP contribution in [0, 0.1) is 11.5 Å². The van der Waals surface area contributed by atoms with Crippen LogP contribution < -0.4 is 4.74 Å². The van der Waals surface area contributed by atoms with Gasteiger partial charge in [0, 0.05) is 16.7 Å². The molecule has 0 bridgehead atoms. The van der Waals surface area contributed by atoms with Gasteiger partial charge in [0.15, 0.2) is 0 Å². The van der Waals surface area contributed by atoms with Crippen molar-refractivity contribution in [1.82, 2.24) is 9.78 Å². The zero-order chi connectivity index (χ0) is 21.8. The fourth-order valence-electron chi connectivity index (χ4n) is 3.24. The Morgan fingerprint density at radius 3 is 2.06 bits per heavy atom. The third-order valence-electron chi connectivity index (χ3n) is 4.86. The number of hydrogen-bond donors (Lipinski definition) is 0. The van der Waals surface area contributed by atoms with Crippen molar-refractivity contribution in [3.63, 3.8) is 0 Å². The van der Waals surface area contributed by atoms with Crippen molar-refractivity contribution < 1.29 is 4.74 Å². The van der Waals surface area contributed by atoms with Crippen LogP contribution in [0.4, 0.5) is 0 Å². The second kappa shape index (κ2) is 8.67. The highest BCUT2D eigenvalue weighted by molar-refractivity contribution is 6.83. The van der Waals surface area contributed by atoms with E-state index in [4.69, 9.17) is 9.84 Å². The van der Waals surface area contributed by atoms with E-state index in [2.05, 4.69) is 85.7 Å². The molecule has 0 aliphatic heterocycles. The van der Waals surface area contributed by atoms with E-state index >= 15 is 0 Å². The zero-order valence-electron chi connectivity index (χ0n) is 18.4. The summed E-state index contributed by atoms with van der Waals surface area (Å²) < 4.78 is 7.31. The Morgan fingerprint density at radius 2 is 1.45 bits per heavy atom. The van der Waals surface area contributed by atoms with Crippen LogP contribution in [0.2, 0.25) is 19.6 Å². The molecule has 4 rings (SSSR count). The molecule has 0 aliphatic rings. The Labute approximate surface area is 185 Å². The van der Waals surface area contributed by atoms with Gasteiger partial charge < -0.3 is 4.74 Å². The standard InChI is InChI=1S/C27H26N2OSi/c1-30-25-16-14-23(15-17-25)27-20-26(28-29(27)24-8-6-5-7-9-24)22-12-10-21(11-13-22)18-19-31(2,3)4/h5-17,20H,1-4H3. The normalized spacial score (nSPS) is 11.0. The van der Waals surface area contributed by atoms with Crippen molar-refractivity contribution in [2.24, 2.45) is 0 Å². The predicted molar refractivity (Wildman–Crippen MR) is 131 cm³/mol. The maximum absolute atomic E-state index is 5.32. The van der Waals surface area contributed by atoms with Gasteiger partial charge in [-0.15, -0.1) is 5.54 Å². The molecule has 31 heavy (non-hydrogen) atoms. The fourth-order valence-corrected chi connectivity index (χ4v) is 3.76. The van der Waals surface area contributed by atoms with E-state index < -0.39 is 8.07 Å². The molecule has 0 N–H and O–H groups in total. The van der Waals surface area contributed by atoms with Crippen LogP contribution in [-0.2, 0) is 0 Å². The predicted octanol–water partition coefficient (Wildman–Crippen LogP) is 6.44. The summed E-state index contributed by atoms with van der Waals surface area (Å²) in [6.45, 7) is 6.77. The van der Waals surface area contributed by atoms with Crippen molar-refractivity contribution in [1.29, 1.82) is 0 Å². The van der Waals surface area contributed by atoms with Crippen LogP contribution in [0.1, 0.15) is 5.56 Å². The van der Waals surface area contributed by atoms with Gasteiger partial charge in [0.25, 0.3) is 0 Å². The van der Waals surface area contributed by atoms with Crippen molar-refractivity contribution in [3.8, 4) is 45.4 Å². The lowest BCUT2D eigenvalue weighted by Gasteiger charge is -2.08. The monoisotopic (exact) mass is 422 g/mol. The van der Waals surface area contributed by atoms with Gasteiger partial charge in [-0.25, -0.2) is 4.68 Å². The summed E-state index contributed by atoms with van der Waals surface area (Å²) in [5.41, 5.74) is 9.61. The molecule has 3 nitrogen and oxygen atoms in total. The molecule has 0 spiro atoms. The lowest BCUT2D eigenvalue weighted by Crippen LogP contribution is -2.16.